The average Bonchev–Trinajstić information content (AvgIpc) is 2.60. The summed E-state index contributed by atoms with van der Waals surface area (Å²) >= 11 is 0. The van der Waals surface area contributed by atoms with Crippen molar-refractivity contribution in [3.8, 4) is 17.2 Å². The lowest BCUT2D eigenvalue weighted by Gasteiger charge is -2.20. The van der Waals surface area contributed by atoms with Crippen LogP contribution in [-0.4, -0.2) is 32.6 Å². The first-order valence-electron chi connectivity index (χ1n) is 7.21. The average molecular weight is 328 g/mol. The van der Waals surface area contributed by atoms with Crippen LogP contribution in [0, 0.1) is 0 Å². The van der Waals surface area contributed by atoms with E-state index in [9.17, 15) is 9.59 Å². The van der Waals surface area contributed by atoms with Crippen LogP contribution in [0.25, 0.3) is 0 Å². The normalized spacial score (nSPS) is 12.5. The quantitative estimate of drug-likeness (QED) is 0.899. The van der Waals surface area contributed by atoms with E-state index < -0.39 is 0 Å². The van der Waals surface area contributed by atoms with Crippen molar-refractivity contribution in [2.45, 2.75) is 0 Å². The second kappa shape index (κ2) is 6.49. The van der Waals surface area contributed by atoms with Gasteiger partial charge in [0.05, 0.1) is 25.5 Å². The summed E-state index contributed by atoms with van der Waals surface area (Å²) in [6, 6.07) is 10.1. The van der Waals surface area contributed by atoms with E-state index in [1.165, 1.54) is 14.2 Å². The first-order valence-corrected chi connectivity index (χ1v) is 7.21. The second-order valence-electron chi connectivity index (χ2n) is 5.04. The van der Waals surface area contributed by atoms with Crippen LogP contribution < -0.4 is 24.8 Å². The van der Waals surface area contributed by atoms with E-state index in [0.717, 1.165) is 0 Å². The van der Waals surface area contributed by atoms with Crippen molar-refractivity contribution >= 4 is 23.2 Å². The highest BCUT2D eigenvalue weighted by atomic mass is 16.5. The van der Waals surface area contributed by atoms with Crippen molar-refractivity contribution < 1.29 is 23.8 Å². The van der Waals surface area contributed by atoms with Crippen LogP contribution in [0.1, 0.15) is 10.4 Å². The number of nitrogens with one attached hydrogen (secondary N) is 2. The van der Waals surface area contributed by atoms with Gasteiger partial charge in [-0.1, -0.05) is 6.07 Å². The lowest BCUT2D eigenvalue weighted by molar-refractivity contribution is -0.118. The van der Waals surface area contributed by atoms with Gasteiger partial charge in [0.15, 0.2) is 18.1 Å². The van der Waals surface area contributed by atoms with E-state index in [1.54, 1.807) is 36.4 Å². The number of methoxy groups -OCH3 is 2. The van der Waals surface area contributed by atoms with Gasteiger partial charge in [0.1, 0.15) is 5.75 Å². The molecule has 0 bridgehead atoms. The van der Waals surface area contributed by atoms with Crippen molar-refractivity contribution in [3.05, 3.63) is 42.0 Å². The van der Waals surface area contributed by atoms with Gasteiger partial charge in [-0.2, -0.15) is 0 Å². The molecule has 0 radical (unpaired) electrons. The molecule has 0 fully saturated rings. The molecule has 1 aliphatic heterocycles. The Morgan fingerprint density at radius 1 is 1.17 bits per heavy atom. The number of anilines is 2. The van der Waals surface area contributed by atoms with Crippen LogP contribution in [0.2, 0.25) is 0 Å². The van der Waals surface area contributed by atoms with Crippen LogP contribution in [0.4, 0.5) is 11.4 Å². The van der Waals surface area contributed by atoms with Gasteiger partial charge in [0, 0.05) is 11.8 Å². The van der Waals surface area contributed by atoms with Crippen LogP contribution in [0.15, 0.2) is 36.4 Å². The van der Waals surface area contributed by atoms with Crippen molar-refractivity contribution in [3.63, 3.8) is 0 Å². The number of para-hydroxylation sites is 1. The molecule has 0 unspecified atom stereocenters. The highest BCUT2D eigenvalue weighted by molar-refractivity contribution is 6.12. The minimum Gasteiger partial charge on any atom is -0.493 e. The van der Waals surface area contributed by atoms with E-state index in [2.05, 4.69) is 10.6 Å². The van der Waals surface area contributed by atoms with Crippen molar-refractivity contribution in [2.24, 2.45) is 0 Å². The Morgan fingerprint density at radius 3 is 2.71 bits per heavy atom. The topological polar surface area (TPSA) is 85.9 Å². The third-order valence-corrected chi connectivity index (χ3v) is 3.54. The van der Waals surface area contributed by atoms with Gasteiger partial charge < -0.3 is 24.8 Å². The van der Waals surface area contributed by atoms with Gasteiger partial charge >= 0.3 is 0 Å². The fourth-order valence-corrected chi connectivity index (χ4v) is 2.40. The van der Waals surface area contributed by atoms with Crippen molar-refractivity contribution in [1.29, 1.82) is 0 Å². The smallest absolute Gasteiger partial charge is 0.262 e. The summed E-state index contributed by atoms with van der Waals surface area (Å²) in [6.07, 6.45) is 0. The fraction of sp³-hybridized carbons (Fsp3) is 0.176. The molecule has 24 heavy (non-hydrogen) atoms. The molecule has 7 heteroatoms. The molecule has 0 saturated heterocycles. The SMILES string of the molecule is COc1ccc(NC(=O)c2cccc3c2NC(=O)CO3)cc1OC. The molecule has 2 aromatic rings. The molecule has 2 aromatic carbocycles. The maximum Gasteiger partial charge on any atom is 0.262 e. The van der Waals surface area contributed by atoms with Crippen LogP contribution in [0.5, 0.6) is 17.2 Å². The molecule has 2 N–H and O–H groups in total. The first-order chi connectivity index (χ1) is 11.6. The Balaban J connectivity index is 1.87. The molecule has 124 valence electrons. The largest absolute Gasteiger partial charge is 0.493 e. The number of ether oxygens (including phenoxy) is 3. The minimum atomic E-state index is -0.370. The summed E-state index contributed by atoms with van der Waals surface area (Å²) < 4.78 is 15.7. The number of rotatable bonds is 4. The Labute approximate surface area is 138 Å². The summed E-state index contributed by atoms with van der Waals surface area (Å²) in [5.41, 5.74) is 1.22. The zero-order valence-corrected chi connectivity index (χ0v) is 13.2. The number of hydrogen-bond acceptors (Lipinski definition) is 5. The van der Waals surface area contributed by atoms with Gasteiger partial charge in [0.2, 0.25) is 0 Å². The maximum absolute atomic E-state index is 12.6. The lowest BCUT2D eigenvalue weighted by Crippen LogP contribution is -2.27. The molecule has 0 spiro atoms. The summed E-state index contributed by atoms with van der Waals surface area (Å²) in [5, 5.41) is 5.43. The summed E-state index contributed by atoms with van der Waals surface area (Å²) in [7, 11) is 3.05. The van der Waals surface area contributed by atoms with Gasteiger partial charge in [0.25, 0.3) is 11.8 Å². The minimum absolute atomic E-state index is 0.0618. The monoisotopic (exact) mass is 328 g/mol. The maximum atomic E-state index is 12.6. The molecule has 0 atom stereocenters. The number of benzene rings is 2. The number of fused-ring (bicyclic) bond motifs is 1. The van der Waals surface area contributed by atoms with Crippen LogP contribution in [0.3, 0.4) is 0 Å². The van der Waals surface area contributed by atoms with Gasteiger partial charge in [-0.3, -0.25) is 9.59 Å². The standard InChI is InChI=1S/C17H16N2O5/c1-22-12-7-6-10(8-14(12)23-2)18-17(21)11-4-3-5-13-16(11)19-15(20)9-24-13/h3-8H,9H2,1-2H3,(H,18,21)(H,19,20). The zero-order chi connectivity index (χ0) is 17.1. The van der Waals surface area contributed by atoms with Crippen LogP contribution in [-0.2, 0) is 4.79 Å². The predicted octanol–water partition coefficient (Wildman–Crippen LogP) is 2.29. The van der Waals surface area contributed by atoms with E-state index in [0.29, 0.717) is 34.2 Å². The third-order valence-electron chi connectivity index (χ3n) is 3.54. The van der Waals surface area contributed by atoms with E-state index in [4.69, 9.17) is 14.2 Å². The van der Waals surface area contributed by atoms with E-state index >= 15 is 0 Å². The van der Waals surface area contributed by atoms with Gasteiger partial charge in [-0.25, -0.2) is 0 Å². The summed E-state index contributed by atoms with van der Waals surface area (Å²) in [4.78, 5) is 24.1. The highest BCUT2D eigenvalue weighted by Gasteiger charge is 2.22. The number of hydrogen-bond donors (Lipinski definition) is 2. The second-order valence-corrected chi connectivity index (χ2v) is 5.04. The molecule has 7 nitrogen and oxygen atoms in total. The van der Waals surface area contributed by atoms with Crippen molar-refractivity contribution in [2.75, 3.05) is 31.5 Å². The van der Waals surface area contributed by atoms with Gasteiger partial charge in [-0.05, 0) is 24.3 Å². The lowest BCUT2D eigenvalue weighted by atomic mass is 10.1. The molecule has 1 heterocycles. The first kappa shape index (κ1) is 15.7. The number of carbonyl (C=O) groups is 2. The third kappa shape index (κ3) is 2.96. The molecule has 2 amide bonds. The van der Waals surface area contributed by atoms with E-state index in [-0.39, 0.29) is 18.4 Å². The fourth-order valence-electron chi connectivity index (χ4n) is 2.40. The Kier molecular flexibility index (Phi) is 4.24. The number of amides is 2. The Hall–Kier alpha value is -3.22. The van der Waals surface area contributed by atoms with Crippen LogP contribution >= 0.6 is 0 Å². The van der Waals surface area contributed by atoms with E-state index in [1.807, 2.05) is 0 Å². The molecule has 3 rings (SSSR count). The number of carbonyl (C=O) groups excluding carboxylic acids is 2. The molecular weight excluding hydrogens is 312 g/mol. The van der Waals surface area contributed by atoms with Crippen molar-refractivity contribution in [1.82, 2.24) is 0 Å². The molecular formula is C17H16N2O5. The molecule has 0 aromatic heterocycles. The molecule has 1 aliphatic rings. The summed E-state index contributed by atoms with van der Waals surface area (Å²) in [6.45, 7) is -0.0618. The predicted molar refractivity (Wildman–Crippen MR) is 88.1 cm³/mol. The highest BCUT2D eigenvalue weighted by Crippen LogP contribution is 2.33. The Bertz CT molecular complexity index is 804. The summed E-state index contributed by atoms with van der Waals surface area (Å²) in [5.74, 6) is 0.864. The molecule has 0 saturated carbocycles. The van der Waals surface area contributed by atoms with Gasteiger partial charge in [-0.15, -0.1) is 0 Å². The Morgan fingerprint density at radius 2 is 1.96 bits per heavy atom. The zero-order valence-electron chi connectivity index (χ0n) is 13.2. The molecule has 0 aliphatic carbocycles.